The molecule has 3 heterocycles. The summed E-state index contributed by atoms with van der Waals surface area (Å²) in [7, 11) is 0. The fourth-order valence-corrected chi connectivity index (χ4v) is 3.80. The molecule has 9 heteroatoms. The van der Waals surface area contributed by atoms with Crippen molar-refractivity contribution in [1.82, 2.24) is 14.9 Å². The first kappa shape index (κ1) is 24.8. The molecule has 0 saturated carbocycles. The predicted molar refractivity (Wildman–Crippen MR) is 125 cm³/mol. The summed E-state index contributed by atoms with van der Waals surface area (Å²) in [5, 5.41) is 3.24. The maximum atomic E-state index is 13.6. The van der Waals surface area contributed by atoms with Gasteiger partial charge in [-0.3, -0.25) is 9.80 Å². The molecule has 1 aromatic heterocycles. The van der Waals surface area contributed by atoms with Crippen molar-refractivity contribution in [3.63, 3.8) is 0 Å². The minimum absolute atomic E-state index is 0.0200. The molecule has 1 aromatic carbocycles. The Kier molecular flexibility index (Phi) is 8.55. The normalized spacial score (nSPS) is 18.8. The first-order chi connectivity index (χ1) is 15.8. The number of hydrogen-bond acceptors (Lipinski definition) is 6. The Morgan fingerprint density at radius 3 is 2.55 bits per heavy atom. The zero-order valence-electron chi connectivity index (χ0n) is 19.6. The smallest absolute Gasteiger partial charge is 0.415 e. The molecule has 0 bridgehead atoms. The molecule has 1 N–H and O–H groups in total. The quantitative estimate of drug-likeness (QED) is 0.633. The number of carbonyl (C=O) groups excluding carboxylic acids is 1. The van der Waals surface area contributed by atoms with Gasteiger partial charge in [0.2, 0.25) is 5.95 Å². The molecular weight excluding hydrogens is 428 g/mol. The molecule has 1 amide bonds. The Morgan fingerprint density at radius 1 is 1.18 bits per heavy atom. The van der Waals surface area contributed by atoms with Crippen LogP contribution in [0.3, 0.4) is 0 Å². The number of piperidine rings is 1. The first-order valence-corrected chi connectivity index (χ1v) is 11.5. The van der Waals surface area contributed by atoms with E-state index in [9.17, 15) is 13.6 Å². The van der Waals surface area contributed by atoms with Crippen molar-refractivity contribution in [3.8, 4) is 0 Å². The monoisotopic (exact) mass is 461 g/mol. The molecule has 1 unspecified atom stereocenters. The second-order valence-corrected chi connectivity index (χ2v) is 8.49. The Bertz CT molecular complexity index is 910. The standard InChI is InChI=1S/C21H25F2N5O2.C3H8/c1-15(25-19-24-9-7-18(26-19)28-11-12-30-20(28)29)17-5-3-16(4-6-17)13-27-10-2-8-21(22,23)14-27;1-3-2/h3-7,9,15H,2,8,10-14H2,1H3,(H,24,25,26);3H2,1-2H3. The van der Waals surface area contributed by atoms with Crippen LogP contribution < -0.4 is 10.2 Å². The van der Waals surface area contributed by atoms with Crippen molar-refractivity contribution in [3.05, 3.63) is 47.7 Å². The van der Waals surface area contributed by atoms with E-state index >= 15 is 0 Å². The van der Waals surface area contributed by atoms with Crippen LogP contribution in [0, 0.1) is 0 Å². The van der Waals surface area contributed by atoms with Crippen molar-refractivity contribution < 1.29 is 18.3 Å². The highest BCUT2D eigenvalue weighted by atomic mass is 19.3. The molecule has 2 fully saturated rings. The van der Waals surface area contributed by atoms with Crippen LogP contribution in [0.5, 0.6) is 0 Å². The number of likely N-dealkylation sites (tertiary alicyclic amines) is 1. The summed E-state index contributed by atoms with van der Waals surface area (Å²) in [6, 6.07) is 9.50. The van der Waals surface area contributed by atoms with E-state index in [2.05, 4.69) is 29.1 Å². The predicted octanol–water partition coefficient (Wildman–Crippen LogP) is 5.25. The summed E-state index contributed by atoms with van der Waals surface area (Å²) in [6.45, 7) is 8.10. The maximum absolute atomic E-state index is 13.6. The van der Waals surface area contributed by atoms with Crippen LogP contribution in [-0.2, 0) is 11.3 Å². The SMILES string of the molecule is CC(Nc1nccc(N2CCOC2=O)n1)c1ccc(CN2CCCC(F)(F)C2)cc1.CCC. The van der Waals surface area contributed by atoms with Gasteiger partial charge in [-0.1, -0.05) is 44.5 Å². The number of nitrogens with one attached hydrogen (secondary N) is 1. The Morgan fingerprint density at radius 2 is 1.91 bits per heavy atom. The molecule has 2 aliphatic rings. The lowest BCUT2D eigenvalue weighted by molar-refractivity contribution is -0.0661. The fraction of sp³-hybridized carbons (Fsp3) is 0.542. The summed E-state index contributed by atoms with van der Waals surface area (Å²) in [4.78, 5) is 23.6. The van der Waals surface area contributed by atoms with Gasteiger partial charge < -0.3 is 10.1 Å². The molecule has 0 spiro atoms. The highest BCUT2D eigenvalue weighted by Gasteiger charge is 2.34. The van der Waals surface area contributed by atoms with Crippen molar-refractivity contribution in [2.45, 2.75) is 58.5 Å². The van der Waals surface area contributed by atoms with E-state index in [1.54, 1.807) is 12.3 Å². The van der Waals surface area contributed by atoms with E-state index in [4.69, 9.17) is 4.74 Å². The molecule has 4 rings (SSSR count). The number of benzene rings is 1. The minimum Gasteiger partial charge on any atom is -0.447 e. The highest BCUT2D eigenvalue weighted by Crippen LogP contribution is 2.28. The fourth-order valence-electron chi connectivity index (χ4n) is 3.80. The second kappa shape index (κ2) is 11.4. The number of cyclic esters (lactones) is 1. The van der Waals surface area contributed by atoms with Crippen molar-refractivity contribution in [1.29, 1.82) is 0 Å². The number of nitrogens with zero attached hydrogens (tertiary/aromatic N) is 4. The molecule has 2 aromatic rings. The lowest BCUT2D eigenvalue weighted by Crippen LogP contribution is -2.41. The third-order valence-corrected chi connectivity index (χ3v) is 5.38. The van der Waals surface area contributed by atoms with Crippen LogP contribution in [-0.4, -0.2) is 53.1 Å². The maximum Gasteiger partial charge on any atom is 0.415 e. The largest absolute Gasteiger partial charge is 0.447 e. The summed E-state index contributed by atoms with van der Waals surface area (Å²) < 4.78 is 32.1. The number of anilines is 2. The van der Waals surface area contributed by atoms with Crippen LogP contribution in [0.4, 0.5) is 25.3 Å². The summed E-state index contributed by atoms with van der Waals surface area (Å²) in [5.74, 6) is -1.67. The topological polar surface area (TPSA) is 70.6 Å². The number of alkyl halides is 2. The van der Waals surface area contributed by atoms with Crippen LogP contribution in [0.2, 0.25) is 0 Å². The number of hydrogen-bond donors (Lipinski definition) is 1. The molecular formula is C24H33F2N5O2. The molecule has 7 nitrogen and oxygen atoms in total. The van der Waals surface area contributed by atoms with Crippen molar-refractivity contribution >= 4 is 17.9 Å². The minimum atomic E-state index is -2.59. The van der Waals surface area contributed by atoms with Gasteiger partial charge in [0.25, 0.3) is 5.92 Å². The van der Waals surface area contributed by atoms with Gasteiger partial charge in [-0.15, -0.1) is 0 Å². The van der Waals surface area contributed by atoms with Gasteiger partial charge in [-0.25, -0.2) is 18.6 Å². The number of rotatable bonds is 6. The van der Waals surface area contributed by atoms with Gasteiger partial charge in [-0.2, -0.15) is 4.98 Å². The first-order valence-electron chi connectivity index (χ1n) is 11.5. The van der Waals surface area contributed by atoms with E-state index in [-0.39, 0.29) is 19.0 Å². The van der Waals surface area contributed by atoms with Crippen LogP contribution >= 0.6 is 0 Å². The van der Waals surface area contributed by atoms with E-state index in [1.165, 1.54) is 11.3 Å². The van der Waals surface area contributed by atoms with Crippen molar-refractivity contribution in [2.75, 3.05) is 36.5 Å². The molecule has 2 aliphatic heterocycles. The van der Waals surface area contributed by atoms with Crippen molar-refractivity contribution in [2.24, 2.45) is 0 Å². The van der Waals surface area contributed by atoms with Gasteiger partial charge in [0.05, 0.1) is 19.1 Å². The molecule has 1 atom stereocenters. The number of halogens is 2. The van der Waals surface area contributed by atoms with Crippen LogP contribution in [0.25, 0.3) is 0 Å². The highest BCUT2D eigenvalue weighted by molar-refractivity contribution is 5.88. The average molecular weight is 462 g/mol. The lowest BCUT2D eigenvalue weighted by atomic mass is 10.0. The van der Waals surface area contributed by atoms with E-state index in [0.717, 1.165) is 11.1 Å². The third kappa shape index (κ3) is 7.08. The van der Waals surface area contributed by atoms with Crippen LogP contribution in [0.1, 0.15) is 57.2 Å². The number of ether oxygens (including phenoxy) is 1. The second-order valence-electron chi connectivity index (χ2n) is 8.49. The van der Waals surface area contributed by atoms with Gasteiger partial charge >= 0.3 is 6.09 Å². The Balaban J connectivity index is 0.000000968. The van der Waals surface area contributed by atoms with Crippen LogP contribution in [0.15, 0.2) is 36.5 Å². The summed E-state index contributed by atoms with van der Waals surface area (Å²) >= 11 is 0. The number of carbonyl (C=O) groups is 1. The molecule has 0 radical (unpaired) electrons. The summed E-state index contributed by atoms with van der Waals surface area (Å²) in [6.07, 6.45) is 2.95. The lowest BCUT2D eigenvalue weighted by Gasteiger charge is -2.32. The third-order valence-electron chi connectivity index (χ3n) is 5.38. The molecule has 0 aliphatic carbocycles. The number of aromatic nitrogens is 2. The van der Waals surface area contributed by atoms with Gasteiger partial charge in [-0.05, 0) is 37.1 Å². The Hall–Kier alpha value is -2.81. The van der Waals surface area contributed by atoms with E-state index < -0.39 is 12.0 Å². The summed E-state index contributed by atoms with van der Waals surface area (Å²) in [5.41, 5.74) is 2.03. The number of amides is 1. The average Bonchev–Trinajstić information content (AvgIpc) is 3.20. The molecule has 33 heavy (non-hydrogen) atoms. The molecule has 180 valence electrons. The van der Waals surface area contributed by atoms with E-state index in [0.29, 0.717) is 44.4 Å². The molecule has 2 saturated heterocycles. The van der Waals surface area contributed by atoms with Gasteiger partial charge in [0, 0.05) is 19.2 Å². The van der Waals surface area contributed by atoms with Gasteiger partial charge in [0.1, 0.15) is 12.4 Å². The Labute approximate surface area is 194 Å². The zero-order chi connectivity index (χ0) is 23.8. The van der Waals surface area contributed by atoms with Gasteiger partial charge in [0.15, 0.2) is 0 Å². The van der Waals surface area contributed by atoms with E-state index in [1.807, 2.05) is 36.1 Å². The zero-order valence-corrected chi connectivity index (χ0v) is 19.6.